The molecule has 74 valence electrons. The van der Waals surface area contributed by atoms with Gasteiger partial charge in [-0.1, -0.05) is 13.8 Å². The normalized spacial score (nSPS) is 15.2. The van der Waals surface area contributed by atoms with E-state index in [1.54, 1.807) is 13.8 Å². The van der Waals surface area contributed by atoms with E-state index in [4.69, 9.17) is 15.3 Å². The second-order valence-corrected chi connectivity index (χ2v) is 3.53. The second-order valence-electron chi connectivity index (χ2n) is 3.53. The van der Waals surface area contributed by atoms with Crippen LogP contribution in [0.25, 0.3) is 0 Å². The molecule has 0 saturated carbocycles. The van der Waals surface area contributed by atoms with Crippen LogP contribution in [0, 0.1) is 11.3 Å². The zero-order valence-corrected chi connectivity index (χ0v) is 7.56. The zero-order chi connectivity index (χ0) is 9.78. The van der Waals surface area contributed by atoms with Gasteiger partial charge in [-0.15, -0.1) is 0 Å². The van der Waals surface area contributed by atoms with Crippen molar-refractivity contribution >= 4 is 0 Å². The van der Waals surface area contributed by atoms with Gasteiger partial charge in [-0.05, 0) is 5.92 Å². The van der Waals surface area contributed by atoms with Crippen molar-refractivity contribution in [1.82, 2.24) is 0 Å². The third-order valence-corrected chi connectivity index (χ3v) is 2.20. The van der Waals surface area contributed by atoms with Crippen LogP contribution < -0.4 is 0 Å². The van der Waals surface area contributed by atoms with Gasteiger partial charge in [-0.2, -0.15) is 0 Å². The Morgan fingerprint density at radius 2 is 1.33 bits per heavy atom. The molecule has 0 aliphatic carbocycles. The van der Waals surface area contributed by atoms with Crippen LogP contribution in [-0.4, -0.2) is 46.4 Å². The maximum Gasteiger partial charge on any atom is 0.0685 e. The van der Waals surface area contributed by atoms with Crippen LogP contribution in [0.1, 0.15) is 13.8 Å². The highest BCUT2D eigenvalue weighted by Gasteiger charge is 2.38. The molecule has 0 saturated heterocycles. The highest BCUT2D eigenvalue weighted by Crippen LogP contribution is 2.25. The van der Waals surface area contributed by atoms with Crippen LogP contribution >= 0.6 is 0 Å². The van der Waals surface area contributed by atoms with Gasteiger partial charge in [-0.3, -0.25) is 0 Å². The zero-order valence-electron chi connectivity index (χ0n) is 7.56. The molecule has 0 aliphatic rings. The highest BCUT2D eigenvalue weighted by molar-refractivity contribution is 4.86. The van der Waals surface area contributed by atoms with E-state index in [2.05, 4.69) is 0 Å². The van der Waals surface area contributed by atoms with E-state index >= 15 is 0 Å². The summed E-state index contributed by atoms with van der Waals surface area (Å²) in [5.74, 6) is -0.101. The number of aliphatic hydroxyl groups is 4. The molecule has 12 heavy (non-hydrogen) atoms. The Bertz CT molecular complexity index is 112. The Hall–Kier alpha value is -0.160. The summed E-state index contributed by atoms with van der Waals surface area (Å²) in [6, 6.07) is 0. The van der Waals surface area contributed by atoms with Crippen LogP contribution in [0.4, 0.5) is 0 Å². The Labute approximate surface area is 72.5 Å². The SMILES string of the molecule is CC(C)C(O)C(CO)(CO)CO. The van der Waals surface area contributed by atoms with Crippen molar-refractivity contribution in [2.45, 2.75) is 20.0 Å². The number of hydrogen-bond acceptors (Lipinski definition) is 4. The van der Waals surface area contributed by atoms with Crippen LogP contribution in [0.15, 0.2) is 0 Å². The van der Waals surface area contributed by atoms with Gasteiger partial charge in [-0.25, -0.2) is 0 Å². The molecule has 4 N–H and O–H groups in total. The Morgan fingerprint density at radius 1 is 1.00 bits per heavy atom. The van der Waals surface area contributed by atoms with Gasteiger partial charge in [0.15, 0.2) is 0 Å². The van der Waals surface area contributed by atoms with E-state index in [0.29, 0.717) is 0 Å². The summed E-state index contributed by atoms with van der Waals surface area (Å²) >= 11 is 0. The Balaban J connectivity index is 4.46. The molecule has 0 aromatic heterocycles. The largest absolute Gasteiger partial charge is 0.396 e. The van der Waals surface area contributed by atoms with Crippen LogP contribution in [-0.2, 0) is 0 Å². The summed E-state index contributed by atoms with van der Waals surface area (Å²) in [5, 5.41) is 36.3. The van der Waals surface area contributed by atoms with Gasteiger partial charge >= 0.3 is 0 Å². The van der Waals surface area contributed by atoms with Crippen molar-refractivity contribution in [2.24, 2.45) is 11.3 Å². The first-order valence-electron chi connectivity index (χ1n) is 4.04. The molecule has 0 heterocycles. The predicted molar refractivity (Wildman–Crippen MR) is 44.5 cm³/mol. The molecule has 0 spiro atoms. The van der Waals surface area contributed by atoms with Crippen molar-refractivity contribution in [1.29, 1.82) is 0 Å². The van der Waals surface area contributed by atoms with Gasteiger partial charge < -0.3 is 20.4 Å². The fourth-order valence-electron chi connectivity index (χ4n) is 1.14. The first kappa shape index (κ1) is 11.8. The molecule has 0 aromatic carbocycles. The molecule has 0 rings (SSSR count). The van der Waals surface area contributed by atoms with Crippen LogP contribution in [0.2, 0.25) is 0 Å². The Morgan fingerprint density at radius 3 is 1.42 bits per heavy atom. The van der Waals surface area contributed by atoms with Gasteiger partial charge in [0.05, 0.1) is 31.3 Å². The predicted octanol–water partition coefficient (Wildman–Crippen LogP) is -1.03. The molecular formula is C8H18O4. The molecule has 1 atom stereocenters. The third kappa shape index (κ3) is 2.17. The molecule has 4 heteroatoms. The number of rotatable bonds is 5. The molecule has 0 bridgehead atoms. The summed E-state index contributed by atoms with van der Waals surface area (Å²) in [5.41, 5.74) is -1.17. The van der Waals surface area contributed by atoms with Crippen LogP contribution in [0.3, 0.4) is 0 Å². The molecule has 4 nitrogen and oxygen atoms in total. The smallest absolute Gasteiger partial charge is 0.0685 e. The molecule has 0 amide bonds. The number of hydrogen-bond donors (Lipinski definition) is 4. The van der Waals surface area contributed by atoms with Gasteiger partial charge in [0.25, 0.3) is 0 Å². The standard InChI is InChI=1S/C8H18O4/c1-6(2)7(12)8(3-9,4-10)5-11/h6-7,9-12H,3-5H2,1-2H3. The molecule has 0 aromatic rings. The molecule has 1 unspecified atom stereocenters. The second kappa shape index (κ2) is 4.77. The van der Waals surface area contributed by atoms with Crippen LogP contribution in [0.5, 0.6) is 0 Å². The van der Waals surface area contributed by atoms with Gasteiger partial charge in [0, 0.05) is 0 Å². The summed E-state index contributed by atoms with van der Waals surface area (Å²) in [6.07, 6.45) is -0.891. The van der Waals surface area contributed by atoms with Crippen molar-refractivity contribution < 1.29 is 20.4 Å². The maximum atomic E-state index is 9.56. The van der Waals surface area contributed by atoms with Crippen molar-refractivity contribution in [3.05, 3.63) is 0 Å². The summed E-state index contributed by atoms with van der Waals surface area (Å²) in [6.45, 7) is 2.28. The lowest BCUT2D eigenvalue weighted by atomic mass is 9.79. The molecule has 0 fully saturated rings. The number of aliphatic hydroxyl groups excluding tert-OH is 4. The first-order valence-corrected chi connectivity index (χ1v) is 4.04. The van der Waals surface area contributed by atoms with Crippen molar-refractivity contribution in [3.8, 4) is 0 Å². The van der Waals surface area contributed by atoms with E-state index in [1.807, 2.05) is 0 Å². The Kier molecular flexibility index (Phi) is 4.70. The van der Waals surface area contributed by atoms with E-state index in [1.165, 1.54) is 0 Å². The lowest BCUT2D eigenvalue weighted by Crippen LogP contribution is -2.47. The molecular weight excluding hydrogens is 160 g/mol. The first-order chi connectivity index (χ1) is 5.54. The highest BCUT2D eigenvalue weighted by atomic mass is 16.3. The minimum Gasteiger partial charge on any atom is -0.396 e. The topological polar surface area (TPSA) is 80.9 Å². The monoisotopic (exact) mass is 178 g/mol. The third-order valence-electron chi connectivity index (χ3n) is 2.20. The summed E-state index contributed by atoms with van der Waals surface area (Å²) < 4.78 is 0. The summed E-state index contributed by atoms with van der Waals surface area (Å²) in [7, 11) is 0. The van der Waals surface area contributed by atoms with Gasteiger partial charge in [0.1, 0.15) is 0 Å². The minimum atomic E-state index is -1.17. The fourth-order valence-corrected chi connectivity index (χ4v) is 1.14. The summed E-state index contributed by atoms with van der Waals surface area (Å²) in [4.78, 5) is 0. The van der Waals surface area contributed by atoms with Crippen molar-refractivity contribution in [2.75, 3.05) is 19.8 Å². The molecule has 0 radical (unpaired) electrons. The minimum absolute atomic E-state index is 0.101. The van der Waals surface area contributed by atoms with E-state index < -0.39 is 31.3 Å². The molecule has 0 aliphatic heterocycles. The van der Waals surface area contributed by atoms with E-state index in [0.717, 1.165) is 0 Å². The quantitative estimate of drug-likeness (QED) is 0.434. The lowest BCUT2D eigenvalue weighted by Gasteiger charge is -2.34. The average molecular weight is 178 g/mol. The van der Waals surface area contributed by atoms with Crippen molar-refractivity contribution in [3.63, 3.8) is 0 Å². The maximum absolute atomic E-state index is 9.56. The lowest BCUT2D eigenvalue weighted by molar-refractivity contribution is -0.100. The van der Waals surface area contributed by atoms with E-state index in [9.17, 15) is 5.11 Å². The average Bonchev–Trinajstić information content (AvgIpc) is 2.08. The fraction of sp³-hybridized carbons (Fsp3) is 1.00. The van der Waals surface area contributed by atoms with E-state index in [-0.39, 0.29) is 5.92 Å². The van der Waals surface area contributed by atoms with Gasteiger partial charge in [0.2, 0.25) is 0 Å².